The first kappa shape index (κ1) is 12.8. The average molecular weight is 295 g/mol. The van der Waals surface area contributed by atoms with E-state index in [1.54, 1.807) is 0 Å². The van der Waals surface area contributed by atoms with Crippen molar-refractivity contribution >= 4 is 28.0 Å². The number of carboxylic acid groups (broad SMARTS) is 1. The van der Waals surface area contributed by atoms with E-state index in [-0.39, 0.29) is 10.0 Å². The van der Waals surface area contributed by atoms with Crippen molar-refractivity contribution < 1.29 is 23.1 Å². The molecule has 1 N–H and O–H groups in total. The SMILES string of the molecule is O=C(O)C=Cc1ccc(Br)cc1C(F)(F)F. The number of aliphatic carboxylic acids is 1. The van der Waals surface area contributed by atoms with E-state index in [4.69, 9.17) is 5.11 Å². The molecule has 0 aliphatic rings. The van der Waals surface area contributed by atoms with Crippen LogP contribution in [0.2, 0.25) is 0 Å². The van der Waals surface area contributed by atoms with Crippen LogP contribution in [0.15, 0.2) is 28.7 Å². The highest BCUT2D eigenvalue weighted by atomic mass is 79.9. The molecule has 16 heavy (non-hydrogen) atoms. The van der Waals surface area contributed by atoms with E-state index in [0.717, 1.165) is 12.1 Å². The minimum atomic E-state index is -4.51. The summed E-state index contributed by atoms with van der Waals surface area (Å²) < 4.78 is 37.9. The molecule has 1 rings (SSSR count). The van der Waals surface area contributed by atoms with Crippen LogP contribution >= 0.6 is 15.9 Å². The van der Waals surface area contributed by atoms with Crippen LogP contribution in [0, 0.1) is 0 Å². The molecule has 0 unspecified atom stereocenters. The predicted molar refractivity (Wildman–Crippen MR) is 55.8 cm³/mol. The molecular formula is C10H6BrF3O2. The van der Waals surface area contributed by atoms with Gasteiger partial charge in [0.1, 0.15) is 0 Å². The summed E-state index contributed by atoms with van der Waals surface area (Å²) in [6.07, 6.45) is -2.93. The van der Waals surface area contributed by atoms with Crippen LogP contribution in [-0.4, -0.2) is 11.1 Å². The standard InChI is InChI=1S/C10H6BrF3O2/c11-7-3-1-6(2-4-9(15)16)8(5-7)10(12,13)14/h1-5H,(H,15,16). The van der Waals surface area contributed by atoms with Gasteiger partial charge < -0.3 is 5.11 Å². The van der Waals surface area contributed by atoms with Crippen LogP contribution < -0.4 is 0 Å². The van der Waals surface area contributed by atoms with E-state index in [2.05, 4.69) is 15.9 Å². The van der Waals surface area contributed by atoms with Crippen molar-refractivity contribution in [3.05, 3.63) is 39.9 Å². The lowest BCUT2D eigenvalue weighted by atomic mass is 10.1. The van der Waals surface area contributed by atoms with Gasteiger partial charge in [-0.25, -0.2) is 4.79 Å². The van der Waals surface area contributed by atoms with Crippen LogP contribution in [0.4, 0.5) is 13.2 Å². The fraction of sp³-hybridized carbons (Fsp3) is 0.100. The number of benzene rings is 1. The van der Waals surface area contributed by atoms with Crippen molar-refractivity contribution in [1.82, 2.24) is 0 Å². The summed E-state index contributed by atoms with van der Waals surface area (Å²) in [4.78, 5) is 10.2. The maximum atomic E-state index is 12.6. The molecule has 0 aromatic heterocycles. The highest BCUT2D eigenvalue weighted by Gasteiger charge is 2.32. The Hall–Kier alpha value is -1.30. The molecular weight excluding hydrogens is 289 g/mol. The average Bonchev–Trinajstić information content (AvgIpc) is 2.14. The predicted octanol–water partition coefficient (Wildman–Crippen LogP) is 3.57. The van der Waals surface area contributed by atoms with Gasteiger partial charge in [-0.1, -0.05) is 22.0 Å². The highest BCUT2D eigenvalue weighted by Crippen LogP contribution is 2.34. The van der Waals surface area contributed by atoms with Gasteiger partial charge in [0.05, 0.1) is 5.56 Å². The molecule has 1 aromatic rings. The van der Waals surface area contributed by atoms with Gasteiger partial charge in [0.2, 0.25) is 0 Å². The van der Waals surface area contributed by atoms with Crippen molar-refractivity contribution in [1.29, 1.82) is 0 Å². The molecule has 0 radical (unpaired) electrons. The summed E-state index contributed by atoms with van der Waals surface area (Å²) in [5.41, 5.74) is -1.06. The Labute approximate surface area is 97.5 Å². The van der Waals surface area contributed by atoms with Crippen LogP contribution in [0.25, 0.3) is 6.08 Å². The zero-order valence-corrected chi connectivity index (χ0v) is 9.34. The van der Waals surface area contributed by atoms with E-state index in [0.29, 0.717) is 6.08 Å². The third kappa shape index (κ3) is 3.37. The topological polar surface area (TPSA) is 37.3 Å². The summed E-state index contributed by atoms with van der Waals surface area (Å²) >= 11 is 2.93. The van der Waals surface area contributed by atoms with Gasteiger partial charge in [-0.05, 0) is 23.8 Å². The summed E-state index contributed by atoms with van der Waals surface area (Å²) in [5.74, 6) is -1.30. The molecule has 0 aliphatic heterocycles. The molecule has 6 heteroatoms. The molecule has 0 fully saturated rings. The number of rotatable bonds is 2. The van der Waals surface area contributed by atoms with E-state index in [9.17, 15) is 18.0 Å². The third-order valence-electron chi connectivity index (χ3n) is 1.73. The summed E-state index contributed by atoms with van der Waals surface area (Å²) in [6.45, 7) is 0. The molecule has 0 saturated heterocycles. The molecule has 0 saturated carbocycles. The number of hydrogen-bond acceptors (Lipinski definition) is 1. The van der Waals surface area contributed by atoms with Crippen molar-refractivity contribution in [3.63, 3.8) is 0 Å². The highest BCUT2D eigenvalue weighted by molar-refractivity contribution is 9.10. The van der Waals surface area contributed by atoms with E-state index in [1.807, 2.05) is 0 Å². The molecule has 0 amide bonds. The first-order chi connectivity index (χ1) is 7.30. The molecule has 86 valence electrons. The lowest BCUT2D eigenvalue weighted by Gasteiger charge is -2.10. The van der Waals surface area contributed by atoms with Gasteiger partial charge >= 0.3 is 12.1 Å². The summed E-state index contributed by atoms with van der Waals surface area (Å²) in [6, 6.07) is 3.52. The second-order valence-electron chi connectivity index (χ2n) is 2.90. The Bertz CT molecular complexity index is 438. The van der Waals surface area contributed by atoms with E-state index >= 15 is 0 Å². The Kier molecular flexibility index (Phi) is 3.74. The fourth-order valence-corrected chi connectivity index (χ4v) is 1.44. The Morgan fingerprint density at radius 1 is 1.38 bits per heavy atom. The van der Waals surface area contributed by atoms with Gasteiger partial charge in [-0.3, -0.25) is 0 Å². The third-order valence-corrected chi connectivity index (χ3v) is 2.22. The monoisotopic (exact) mass is 294 g/mol. The molecule has 0 aliphatic carbocycles. The van der Waals surface area contributed by atoms with Crippen LogP contribution in [0.5, 0.6) is 0 Å². The Morgan fingerprint density at radius 3 is 2.50 bits per heavy atom. The van der Waals surface area contributed by atoms with Crippen LogP contribution in [0.1, 0.15) is 11.1 Å². The quantitative estimate of drug-likeness (QED) is 0.847. The molecule has 0 spiro atoms. The maximum absolute atomic E-state index is 12.6. The van der Waals surface area contributed by atoms with Crippen molar-refractivity contribution in [2.75, 3.05) is 0 Å². The second-order valence-corrected chi connectivity index (χ2v) is 3.82. The van der Waals surface area contributed by atoms with Crippen LogP contribution in [0.3, 0.4) is 0 Å². The summed E-state index contributed by atoms with van der Waals surface area (Å²) in [7, 11) is 0. The second kappa shape index (κ2) is 4.69. The van der Waals surface area contributed by atoms with E-state index < -0.39 is 17.7 Å². The van der Waals surface area contributed by atoms with Crippen LogP contribution in [-0.2, 0) is 11.0 Å². The first-order valence-electron chi connectivity index (χ1n) is 4.08. The zero-order chi connectivity index (χ0) is 12.3. The molecule has 0 atom stereocenters. The number of carbonyl (C=O) groups is 1. The molecule has 2 nitrogen and oxygen atoms in total. The van der Waals surface area contributed by atoms with Crippen molar-refractivity contribution in [2.45, 2.75) is 6.18 Å². The van der Waals surface area contributed by atoms with E-state index in [1.165, 1.54) is 12.1 Å². The minimum Gasteiger partial charge on any atom is -0.478 e. The largest absolute Gasteiger partial charge is 0.478 e. The molecule has 0 bridgehead atoms. The molecule has 0 heterocycles. The maximum Gasteiger partial charge on any atom is 0.417 e. The Morgan fingerprint density at radius 2 is 2.00 bits per heavy atom. The number of carboxylic acids is 1. The number of alkyl halides is 3. The van der Waals surface area contributed by atoms with Gasteiger partial charge in [0.15, 0.2) is 0 Å². The fourth-order valence-electron chi connectivity index (χ4n) is 1.08. The van der Waals surface area contributed by atoms with Gasteiger partial charge in [0, 0.05) is 10.5 Å². The van der Waals surface area contributed by atoms with Gasteiger partial charge in [-0.2, -0.15) is 13.2 Å². The molecule has 1 aromatic carbocycles. The first-order valence-corrected chi connectivity index (χ1v) is 4.88. The number of hydrogen-bond donors (Lipinski definition) is 1. The van der Waals surface area contributed by atoms with Gasteiger partial charge in [-0.15, -0.1) is 0 Å². The minimum absolute atomic E-state index is 0.182. The van der Waals surface area contributed by atoms with Crippen molar-refractivity contribution in [2.24, 2.45) is 0 Å². The zero-order valence-electron chi connectivity index (χ0n) is 7.75. The van der Waals surface area contributed by atoms with Gasteiger partial charge in [0.25, 0.3) is 0 Å². The summed E-state index contributed by atoms with van der Waals surface area (Å²) in [5, 5.41) is 8.35. The number of halogens is 4. The lowest BCUT2D eigenvalue weighted by Crippen LogP contribution is -2.07. The smallest absolute Gasteiger partial charge is 0.417 e. The Balaban J connectivity index is 3.23. The lowest BCUT2D eigenvalue weighted by molar-refractivity contribution is -0.138. The van der Waals surface area contributed by atoms with Crippen molar-refractivity contribution in [3.8, 4) is 0 Å². The normalized spacial score (nSPS) is 12.0.